The van der Waals surface area contributed by atoms with Crippen molar-refractivity contribution in [3.63, 3.8) is 0 Å². The first-order valence-electron chi connectivity index (χ1n) is 4.49. The van der Waals surface area contributed by atoms with E-state index < -0.39 is 21.9 Å². The highest BCUT2D eigenvalue weighted by Gasteiger charge is 2.64. The number of para-hydroxylation sites is 1. The number of hydrogen-bond donors (Lipinski definition) is 0. The molecule has 92 valence electrons. The molecule has 0 saturated heterocycles. The number of ether oxygens (including phenoxy) is 1. The summed E-state index contributed by atoms with van der Waals surface area (Å²) >= 11 is 0. The van der Waals surface area contributed by atoms with Crippen LogP contribution in [0.1, 0.15) is 11.5 Å². The van der Waals surface area contributed by atoms with Gasteiger partial charge >= 0.3 is 0 Å². The van der Waals surface area contributed by atoms with E-state index in [1.54, 1.807) is 6.07 Å². The van der Waals surface area contributed by atoms with E-state index in [1.807, 2.05) is 0 Å². The van der Waals surface area contributed by atoms with Gasteiger partial charge in [-0.15, -0.1) is 0 Å². The minimum absolute atomic E-state index is 0.204. The number of hydrogen-bond acceptors (Lipinski definition) is 1. The average Bonchev–Trinajstić information content (AvgIpc) is 2.44. The predicted octanol–water partition coefficient (Wildman–Crippen LogP) is 4.46. The Hall–Kier alpha value is -0.980. The molecule has 16 heavy (non-hydrogen) atoms. The summed E-state index contributed by atoms with van der Waals surface area (Å²) in [5.74, 6) is -3.13. The lowest BCUT2D eigenvalue weighted by Crippen LogP contribution is -2.19. The van der Waals surface area contributed by atoms with E-state index in [1.165, 1.54) is 18.2 Å². The molecule has 1 unspecified atom stereocenters. The molecule has 7 heteroatoms. The molecule has 1 aliphatic heterocycles. The Morgan fingerprint density at radius 3 is 2.38 bits per heavy atom. The molecule has 0 amide bonds. The molecular formula is C9H9F5OS. The quantitative estimate of drug-likeness (QED) is 0.713. The molecule has 1 aliphatic rings. The van der Waals surface area contributed by atoms with Gasteiger partial charge in [0.25, 0.3) is 10.2 Å². The second-order valence-electron chi connectivity index (χ2n) is 3.84. The standard InChI is InChI=1S/C9H9F5OS/c10-16(11,12,13,14)6-7-5-15-9-4-2-1-3-8(7)9/h1-4,7H,5-6H2. The maximum atomic E-state index is 12.3. The van der Waals surface area contributed by atoms with Crippen molar-refractivity contribution in [2.24, 2.45) is 0 Å². The summed E-state index contributed by atoms with van der Waals surface area (Å²) in [5, 5.41) is 0. The fourth-order valence-electron chi connectivity index (χ4n) is 1.75. The summed E-state index contributed by atoms with van der Waals surface area (Å²) in [6.07, 6.45) is 0. The van der Waals surface area contributed by atoms with Gasteiger partial charge in [-0.3, -0.25) is 0 Å². The van der Waals surface area contributed by atoms with Gasteiger partial charge in [-0.05, 0) is 6.07 Å². The van der Waals surface area contributed by atoms with Crippen molar-refractivity contribution in [1.29, 1.82) is 0 Å². The molecule has 0 spiro atoms. The van der Waals surface area contributed by atoms with Gasteiger partial charge in [-0.1, -0.05) is 37.6 Å². The third-order valence-corrected chi connectivity index (χ3v) is 3.35. The van der Waals surface area contributed by atoms with Crippen LogP contribution in [0.2, 0.25) is 0 Å². The van der Waals surface area contributed by atoms with Crippen molar-refractivity contribution in [2.45, 2.75) is 5.92 Å². The molecule has 1 atom stereocenters. The summed E-state index contributed by atoms with van der Waals surface area (Å²) in [6.45, 7) is -0.342. The van der Waals surface area contributed by atoms with Crippen molar-refractivity contribution < 1.29 is 24.2 Å². The lowest BCUT2D eigenvalue weighted by atomic mass is 10.0. The molecule has 0 saturated carbocycles. The summed E-state index contributed by atoms with van der Waals surface area (Å²) in [5.41, 5.74) is 0.204. The van der Waals surface area contributed by atoms with Gasteiger partial charge in [-0.2, -0.15) is 0 Å². The lowest BCUT2D eigenvalue weighted by Gasteiger charge is -2.41. The monoisotopic (exact) mass is 260 g/mol. The maximum absolute atomic E-state index is 12.3. The molecule has 0 N–H and O–H groups in total. The van der Waals surface area contributed by atoms with E-state index in [2.05, 4.69) is 0 Å². The van der Waals surface area contributed by atoms with E-state index in [9.17, 15) is 19.4 Å². The second kappa shape index (κ2) is 2.64. The third kappa shape index (κ3) is 2.78. The largest absolute Gasteiger partial charge is 0.493 e. The van der Waals surface area contributed by atoms with Gasteiger partial charge < -0.3 is 4.74 Å². The topological polar surface area (TPSA) is 9.23 Å². The molecule has 1 nitrogen and oxygen atoms in total. The van der Waals surface area contributed by atoms with Crippen LogP contribution in [0.15, 0.2) is 24.3 Å². The molecule has 0 aliphatic carbocycles. The third-order valence-electron chi connectivity index (χ3n) is 2.32. The predicted molar refractivity (Wildman–Crippen MR) is 52.7 cm³/mol. The highest BCUT2D eigenvalue weighted by atomic mass is 32.5. The summed E-state index contributed by atoms with van der Waals surface area (Å²) < 4.78 is 66.5. The molecule has 2 rings (SSSR count). The van der Waals surface area contributed by atoms with Crippen LogP contribution in [0.5, 0.6) is 5.75 Å². The second-order valence-corrected chi connectivity index (χ2v) is 6.43. The van der Waals surface area contributed by atoms with E-state index in [0.29, 0.717) is 0 Å². The van der Waals surface area contributed by atoms with Crippen LogP contribution in [0, 0.1) is 0 Å². The van der Waals surface area contributed by atoms with Gasteiger partial charge in [-0.25, -0.2) is 0 Å². The van der Waals surface area contributed by atoms with E-state index in [-0.39, 0.29) is 17.9 Å². The van der Waals surface area contributed by atoms with Crippen LogP contribution in [-0.2, 0) is 0 Å². The first-order valence-corrected chi connectivity index (χ1v) is 6.61. The van der Waals surface area contributed by atoms with E-state index >= 15 is 0 Å². The van der Waals surface area contributed by atoms with Crippen LogP contribution in [-0.4, -0.2) is 12.4 Å². The van der Waals surface area contributed by atoms with Crippen LogP contribution >= 0.6 is 10.2 Å². The number of rotatable bonds is 2. The zero-order valence-corrected chi connectivity index (χ0v) is 8.82. The maximum Gasteiger partial charge on any atom is 0.286 e. The SMILES string of the molecule is FS(F)(F)(F)(F)CC1COc2ccccc21. The molecule has 1 heterocycles. The van der Waals surface area contributed by atoms with Crippen LogP contribution in [0.4, 0.5) is 19.4 Å². The Balaban J connectivity index is 2.29. The summed E-state index contributed by atoms with van der Waals surface area (Å²) in [4.78, 5) is 0. The first kappa shape index (κ1) is 11.5. The molecule has 0 bridgehead atoms. The van der Waals surface area contributed by atoms with E-state index in [4.69, 9.17) is 4.74 Å². The molecule has 0 fully saturated rings. The number of halogens is 5. The van der Waals surface area contributed by atoms with Gasteiger partial charge in [0.05, 0.1) is 12.4 Å². The Morgan fingerprint density at radius 1 is 1.12 bits per heavy atom. The fourth-order valence-corrected chi connectivity index (χ4v) is 2.78. The molecule has 1 aromatic carbocycles. The molecular weight excluding hydrogens is 251 g/mol. The Morgan fingerprint density at radius 2 is 1.75 bits per heavy atom. The molecule has 0 aromatic heterocycles. The zero-order valence-electron chi connectivity index (χ0n) is 8.01. The van der Waals surface area contributed by atoms with Gasteiger partial charge in [0, 0.05) is 11.5 Å². The fraction of sp³-hybridized carbons (Fsp3) is 0.333. The number of fused-ring (bicyclic) bond motifs is 1. The highest BCUT2D eigenvalue weighted by Crippen LogP contribution is 2.98. The lowest BCUT2D eigenvalue weighted by molar-refractivity contribution is 0.317. The number of benzene rings is 1. The van der Waals surface area contributed by atoms with Crippen molar-refractivity contribution in [3.05, 3.63) is 29.8 Å². The van der Waals surface area contributed by atoms with E-state index in [0.717, 1.165) is 0 Å². The zero-order chi connectivity index (χ0) is 12.1. The summed E-state index contributed by atoms with van der Waals surface area (Å²) in [6, 6.07) is 5.95. The Kier molecular flexibility index (Phi) is 1.90. The average molecular weight is 260 g/mol. The molecule has 0 radical (unpaired) electrons. The first-order chi connectivity index (χ1) is 7.04. The minimum atomic E-state index is -9.37. The van der Waals surface area contributed by atoms with Crippen molar-refractivity contribution in [3.8, 4) is 5.75 Å². The highest BCUT2D eigenvalue weighted by molar-refractivity contribution is 8.45. The smallest absolute Gasteiger partial charge is 0.286 e. The van der Waals surface area contributed by atoms with Gasteiger partial charge in [0.1, 0.15) is 5.75 Å². The van der Waals surface area contributed by atoms with Crippen LogP contribution in [0.3, 0.4) is 0 Å². The van der Waals surface area contributed by atoms with Gasteiger partial charge in [0.15, 0.2) is 0 Å². The van der Waals surface area contributed by atoms with Crippen LogP contribution < -0.4 is 4.74 Å². The van der Waals surface area contributed by atoms with Crippen molar-refractivity contribution in [2.75, 3.05) is 12.4 Å². The van der Waals surface area contributed by atoms with Crippen molar-refractivity contribution in [1.82, 2.24) is 0 Å². The normalized spacial score (nSPS) is 24.2. The Bertz CT molecular complexity index is 426. The molecule has 1 aromatic rings. The van der Waals surface area contributed by atoms with Crippen molar-refractivity contribution >= 4 is 10.2 Å². The van der Waals surface area contributed by atoms with Crippen LogP contribution in [0.25, 0.3) is 0 Å². The van der Waals surface area contributed by atoms with Gasteiger partial charge in [0.2, 0.25) is 0 Å². The Labute approximate surface area is 88.9 Å². The minimum Gasteiger partial charge on any atom is -0.493 e. The summed E-state index contributed by atoms with van der Waals surface area (Å²) in [7, 11) is -9.37.